The Labute approximate surface area is 115 Å². The summed E-state index contributed by atoms with van der Waals surface area (Å²) in [5, 5.41) is 8.61. The summed E-state index contributed by atoms with van der Waals surface area (Å²) < 4.78 is 6.51. The molecule has 7 nitrogen and oxygen atoms in total. The van der Waals surface area contributed by atoms with Crippen LogP contribution in [0.15, 0.2) is 11.5 Å². The maximum absolute atomic E-state index is 11.8. The summed E-state index contributed by atoms with van der Waals surface area (Å²) in [5.74, 6) is -0.332. The molecule has 19 heavy (non-hydrogen) atoms. The van der Waals surface area contributed by atoms with E-state index in [-0.39, 0.29) is 18.2 Å². The molecule has 0 aliphatic heterocycles. The minimum atomic E-state index is -0.429. The number of ether oxygens (including phenoxy) is 1. The second-order valence-electron chi connectivity index (χ2n) is 4.37. The van der Waals surface area contributed by atoms with Gasteiger partial charge in [-0.25, -0.2) is 0 Å². The van der Waals surface area contributed by atoms with Gasteiger partial charge in [0.05, 0.1) is 12.9 Å². The van der Waals surface area contributed by atoms with E-state index in [1.54, 1.807) is 13.4 Å². The predicted molar refractivity (Wildman–Crippen MR) is 68.7 cm³/mol. The second-order valence-corrected chi connectivity index (χ2v) is 5.31. The molecule has 0 unspecified atom stereocenters. The number of amides is 1. The van der Waals surface area contributed by atoms with Gasteiger partial charge < -0.3 is 14.2 Å². The number of carbonyl (C=O) groups is 2. The molecule has 1 fully saturated rings. The Morgan fingerprint density at radius 3 is 2.95 bits per heavy atom. The molecule has 0 N–H and O–H groups in total. The number of hydrogen-bond acceptors (Lipinski definition) is 6. The van der Waals surface area contributed by atoms with Gasteiger partial charge in [0, 0.05) is 13.1 Å². The fourth-order valence-corrected chi connectivity index (χ4v) is 2.44. The van der Waals surface area contributed by atoms with E-state index in [2.05, 4.69) is 14.9 Å². The van der Waals surface area contributed by atoms with E-state index in [1.807, 2.05) is 4.57 Å². The number of hydrogen-bond donors (Lipinski definition) is 0. The summed E-state index contributed by atoms with van der Waals surface area (Å²) in [7, 11) is 2.87. The number of methoxy groups -OCH3 is 1. The summed E-state index contributed by atoms with van der Waals surface area (Å²) >= 11 is 1.34. The van der Waals surface area contributed by atoms with Crippen molar-refractivity contribution in [1.82, 2.24) is 19.7 Å². The first kappa shape index (κ1) is 13.9. The lowest BCUT2D eigenvalue weighted by molar-refractivity contribution is -0.145. The largest absolute Gasteiger partial charge is 0.468 e. The molecule has 0 atom stereocenters. The standard InChI is InChI=1S/C11H16N4O3S/c1-14(5-10(17)18-2)9(16)6-19-11-13-12-7-15(11)8-3-4-8/h7-8H,3-6H2,1-2H3. The van der Waals surface area contributed by atoms with E-state index in [9.17, 15) is 9.59 Å². The smallest absolute Gasteiger partial charge is 0.325 e. The van der Waals surface area contributed by atoms with Crippen LogP contribution in [-0.2, 0) is 14.3 Å². The molecule has 1 aromatic rings. The molecule has 1 aromatic heterocycles. The molecule has 1 saturated carbocycles. The van der Waals surface area contributed by atoms with E-state index >= 15 is 0 Å². The molecule has 1 aliphatic carbocycles. The van der Waals surface area contributed by atoms with Crippen molar-refractivity contribution in [3.05, 3.63) is 6.33 Å². The summed E-state index contributed by atoms with van der Waals surface area (Å²) in [6.07, 6.45) is 3.98. The molecule has 1 aliphatic rings. The average molecular weight is 284 g/mol. The third kappa shape index (κ3) is 3.69. The van der Waals surface area contributed by atoms with Crippen molar-refractivity contribution >= 4 is 23.6 Å². The van der Waals surface area contributed by atoms with Crippen LogP contribution in [-0.4, -0.2) is 58.0 Å². The second kappa shape index (κ2) is 6.05. The van der Waals surface area contributed by atoms with Gasteiger partial charge in [0.15, 0.2) is 5.16 Å². The lowest BCUT2D eigenvalue weighted by Crippen LogP contribution is -2.33. The minimum absolute atomic E-state index is 0.0365. The number of thioether (sulfide) groups is 1. The molecule has 0 bridgehead atoms. The number of rotatable bonds is 6. The average Bonchev–Trinajstić information content (AvgIpc) is 3.14. The highest BCUT2D eigenvalue weighted by molar-refractivity contribution is 7.99. The quantitative estimate of drug-likeness (QED) is 0.553. The van der Waals surface area contributed by atoms with Crippen LogP contribution >= 0.6 is 11.8 Å². The number of carbonyl (C=O) groups excluding carboxylic acids is 2. The first-order chi connectivity index (χ1) is 9.11. The Kier molecular flexibility index (Phi) is 4.41. The van der Waals surface area contributed by atoms with Gasteiger partial charge in [0.2, 0.25) is 5.91 Å². The Balaban J connectivity index is 1.82. The highest BCUT2D eigenvalue weighted by atomic mass is 32.2. The Hall–Kier alpha value is -1.57. The number of aromatic nitrogens is 3. The van der Waals surface area contributed by atoms with Crippen LogP contribution < -0.4 is 0 Å². The maximum Gasteiger partial charge on any atom is 0.325 e. The molecule has 8 heteroatoms. The highest BCUT2D eigenvalue weighted by Crippen LogP contribution is 2.37. The van der Waals surface area contributed by atoms with Crippen molar-refractivity contribution in [3.63, 3.8) is 0 Å². The van der Waals surface area contributed by atoms with Crippen molar-refractivity contribution in [2.75, 3.05) is 26.5 Å². The van der Waals surface area contributed by atoms with Crippen LogP contribution in [0, 0.1) is 0 Å². The molecule has 0 radical (unpaired) electrons. The fraction of sp³-hybridized carbons (Fsp3) is 0.636. The van der Waals surface area contributed by atoms with Crippen LogP contribution in [0.3, 0.4) is 0 Å². The zero-order valence-corrected chi connectivity index (χ0v) is 11.7. The van der Waals surface area contributed by atoms with E-state index < -0.39 is 5.97 Å². The van der Waals surface area contributed by atoms with Gasteiger partial charge in [-0.05, 0) is 12.8 Å². The summed E-state index contributed by atoms with van der Waals surface area (Å²) in [6.45, 7) is -0.0365. The highest BCUT2D eigenvalue weighted by Gasteiger charge is 2.26. The monoisotopic (exact) mass is 284 g/mol. The molecule has 104 valence electrons. The van der Waals surface area contributed by atoms with E-state index in [1.165, 1.54) is 23.8 Å². The topological polar surface area (TPSA) is 77.3 Å². The lowest BCUT2D eigenvalue weighted by atomic mass is 10.5. The first-order valence-electron chi connectivity index (χ1n) is 5.95. The van der Waals surface area contributed by atoms with Crippen LogP contribution in [0.1, 0.15) is 18.9 Å². The third-order valence-corrected chi connectivity index (χ3v) is 3.77. The van der Waals surface area contributed by atoms with Gasteiger partial charge in [0.1, 0.15) is 12.9 Å². The molecule has 0 saturated heterocycles. The van der Waals surface area contributed by atoms with Gasteiger partial charge in [0.25, 0.3) is 0 Å². The Bertz CT molecular complexity index is 472. The van der Waals surface area contributed by atoms with Gasteiger partial charge in [-0.3, -0.25) is 9.59 Å². The van der Waals surface area contributed by atoms with Crippen LogP contribution in [0.4, 0.5) is 0 Å². The Morgan fingerprint density at radius 2 is 2.32 bits per heavy atom. The van der Waals surface area contributed by atoms with Crippen LogP contribution in [0.2, 0.25) is 0 Å². The minimum Gasteiger partial charge on any atom is -0.468 e. The van der Waals surface area contributed by atoms with Crippen molar-refractivity contribution in [2.24, 2.45) is 0 Å². The number of esters is 1. The van der Waals surface area contributed by atoms with Gasteiger partial charge in [-0.15, -0.1) is 10.2 Å². The zero-order valence-electron chi connectivity index (χ0n) is 10.9. The summed E-state index contributed by atoms with van der Waals surface area (Å²) in [6, 6.07) is 0.486. The number of likely N-dealkylation sites (N-methyl/N-ethyl adjacent to an activating group) is 1. The molecule has 1 heterocycles. The van der Waals surface area contributed by atoms with Gasteiger partial charge in [-0.1, -0.05) is 11.8 Å². The van der Waals surface area contributed by atoms with E-state index in [4.69, 9.17) is 0 Å². The maximum atomic E-state index is 11.8. The lowest BCUT2D eigenvalue weighted by Gasteiger charge is -2.15. The Morgan fingerprint density at radius 1 is 1.58 bits per heavy atom. The fourth-order valence-electron chi connectivity index (χ4n) is 1.52. The van der Waals surface area contributed by atoms with E-state index in [0.717, 1.165) is 18.0 Å². The van der Waals surface area contributed by atoms with Gasteiger partial charge >= 0.3 is 5.97 Å². The molecule has 2 rings (SSSR count). The molecule has 0 spiro atoms. The summed E-state index contributed by atoms with van der Waals surface area (Å²) in [5.41, 5.74) is 0. The normalized spacial score (nSPS) is 14.2. The van der Waals surface area contributed by atoms with Crippen LogP contribution in [0.5, 0.6) is 0 Å². The molecular weight excluding hydrogens is 268 g/mol. The zero-order chi connectivity index (χ0) is 13.8. The van der Waals surface area contributed by atoms with Crippen molar-refractivity contribution < 1.29 is 14.3 Å². The first-order valence-corrected chi connectivity index (χ1v) is 6.93. The molecule has 1 amide bonds. The van der Waals surface area contributed by atoms with Gasteiger partial charge in [-0.2, -0.15) is 0 Å². The molecular formula is C11H16N4O3S. The predicted octanol–water partition coefficient (Wildman–Crippen LogP) is 0.336. The van der Waals surface area contributed by atoms with Crippen molar-refractivity contribution in [3.8, 4) is 0 Å². The summed E-state index contributed by atoms with van der Waals surface area (Å²) in [4.78, 5) is 24.2. The van der Waals surface area contributed by atoms with Crippen molar-refractivity contribution in [2.45, 2.75) is 24.0 Å². The van der Waals surface area contributed by atoms with Crippen molar-refractivity contribution in [1.29, 1.82) is 0 Å². The molecule has 0 aromatic carbocycles. The third-order valence-electron chi connectivity index (χ3n) is 2.82. The SMILES string of the molecule is COC(=O)CN(C)C(=O)CSc1nncn1C1CC1. The number of nitrogens with zero attached hydrogens (tertiary/aromatic N) is 4. The van der Waals surface area contributed by atoms with E-state index in [0.29, 0.717) is 6.04 Å². The van der Waals surface area contributed by atoms with Crippen LogP contribution in [0.25, 0.3) is 0 Å².